The van der Waals surface area contributed by atoms with Crippen LogP contribution in [0.15, 0.2) is 12.1 Å². The molecule has 1 saturated heterocycles. The average molecular weight is 254 g/mol. The van der Waals surface area contributed by atoms with E-state index in [-0.39, 0.29) is 0 Å². The minimum atomic E-state index is 0.302. The Bertz CT molecular complexity index is 416. The highest BCUT2D eigenvalue weighted by Gasteiger charge is 2.19. The van der Waals surface area contributed by atoms with Crippen molar-refractivity contribution in [1.82, 2.24) is 5.32 Å². The van der Waals surface area contributed by atoms with Crippen LogP contribution in [0.5, 0.6) is 11.5 Å². The highest BCUT2D eigenvalue weighted by molar-refractivity contribution is 6.31. The van der Waals surface area contributed by atoms with E-state index in [0.29, 0.717) is 12.8 Å². The molecule has 0 amide bonds. The zero-order valence-corrected chi connectivity index (χ0v) is 10.4. The summed E-state index contributed by atoms with van der Waals surface area (Å²) in [6.45, 7) is 1.42. The third-order valence-corrected chi connectivity index (χ3v) is 3.77. The lowest BCUT2D eigenvalue weighted by molar-refractivity contribution is 0.174. The van der Waals surface area contributed by atoms with E-state index in [4.69, 9.17) is 21.1 Å². The van der Waals surface area contributed by atoms with Gasteiger partial charge in [-0.25, -0.2) is 0 Å². The molecular weight excluding hydrogens is 238 g/mol. The Hall–Kier alpha value is -0.930. The Morgan fingerprint density at radius 3 is 2.82 bits per heavy atom. The maximum absolute atomic E-state index is 6.26. The zero-order chi connectivity index (χ0) is 11.7. The van der Waals surface area contributed by atoms with Gasteiger partial charge in [-0.05, 0) is 37.4 Å². The van der Waals surface area contributed by atoms with Gasteiger partial charge in [0.25, 0.3) is 0 Å². The summed E-state index contributed by atoms with van der Waals surface area (Å²) >= 11 is 6.26. The summed E-state index contributed by atoms with van der Waals surface area (Å²) in [5, 5.41) is 4.31. The molecule has 0 aliphatic carbocycles. The molecule has 1 fully saturated rings. The summed E-state index contributed by atoms with van der Waals surface area (Å²) in [5.41, 5.74) is 1.15. The Kier molecular flexibility index (Phi) is 3.12. The van der Waals surface area contributed by atoms with Gasteiger partial charge in [0.1, 0.15) is 0 Å². The molecule has 0 aromatic heterocycles. The summed E-state index contributed by atoms with van der Waals surface area (Å²) in [7, 11) is 0. The summed E-state index contributed by atoms with van der Waals surface area (Å²) in [6, 6.07) is 4.42. The number of nitrogens with one attached hydrogen (secondary N) is 1. The van der Waals surface area contributed by atoms with E-state index in [9.17, 15) is 0 Å². The third kappa shape index (κ3) is 2.35. The Balaban J connectivity index is 1.78. The molecule has 0 spiro atoms. The van der Waals surface area contributed by atoms with Crippen molar-refractivity contribution in [3.63, 3.8) is 0 Å². The van der Waals surface area contributed by atoms with Crippen LogP contribution in [0.1, 0.15) is 24.8 Å². The first-order valence-electron chi connectivity index (χ1n) is 6.14. The van der Waals surface area contributed by atoms with Crippen LogP contribution in [0.2, 0.25) is 5.02 Å². The van der Waals surface area contributed by atoms with Gasteiger partial charge in [0.15, 0.2) is 11.5 Å². The topological polar surface area (TPSA) is 30.5 Å². The van der Waals surface area contributed by atoms with Gasteiger partial charge in [0, 0.05) is 17.1 Å². The molecule has 3 rings (SSSR count). The second kappa shape index (κ2) is 4.75. The van der Waals surface area contributed by atoms with E-state index in [1.165, 1.54) is 19.3 Å². The van der Waals surface area contributed by atoms with Gasteiger partial charge in [-0.3, -0.25) is 0 Å². The summed E-state index contributed by atoms with van der Waals surface area (Å²) in [4.78, 5) is 0. The molecule has 2 aliphatic heterocycles. The van der Waals surface area contributed by atoms with Crippen LogP contribution in [-0.4, -0.2) is 19.4 Å². The maximum atomic E-state index is 6.26. The SMILES string of the molecule is Clc1cc2c(cc1CC1CCCCN1)OCO2. The highest BCUT2D eigenvalue weighted by atomic mass is 35.5. The fourth-order valence-corrected chi connectivity index (χ4v) is 2.71. The summed E-state index contributed by atoms with van der Waals surface area (Å²) in [6.07, 6.45) is 4.78. The number of hydrogen-bond donors (Lipinski definition) is 1. The molecule has 1 aromatic carbocycles. The van der Waals surface area contributed by atoms with Crippen LogP contribution < -0.4 is 14.8 Å². The standard InChI is InChI=1S/C13H16ClNO2/c14-11-7-13-12(16-8-17-13)6-9(11)5-10-3-1-2-4-15-10/h6-7,10,15H,1-5,8H2. The van der Waals surface area contributed by atoms with Crippen molar-refractivity contribution in [3.8, 4) is 11.5 Å². The van der Waals surface area contributed by atoms with Crippen molar-refractivity contribution in [3.05, 3.63) is 22.7 Å². The van der Waals surface area contributed by atoms with Crippen molar-refractivity contribution in [2.75, 3.05) is 13.3 Å². The van der Waals surface area contributed by atoms with Gasteiger partial charge in [-0.2, -0.15) is 0 Å². The van der Waals surface area contributed by atoms with Gasteiger partial charge in [0.05, 0.1) is 0 Å². The van der Waals surface area contributed by atoms with Crippen LogP contribution in [0, 0.1) is 0 Å². The largest absolute Gasteiger partial charge is 0.454 e. The molecule has 1 unspecified atom stereocenters. The number of benzene rings is 1. The molecule has 2 aliphatic rings. The van der Waals surface area contributed by atoms with Gasteiger partial charge in [0.2, 0.25) is 6.79 Å². The van der Waals surface area contributed by atoms with E-state index in [0.717, 1.165) is 35.1 Å². The summed E-state index contributed by atoms with van der Waals surface area (Å²) in [5.74, 6) is 1.58. The monoisotopic (exact) mass is 253 g/mol. The second-order valence-corrected chi connectivity index (χ2v) is 5.06. The molecule has 2 heterocycles. The zero-order valence-electron chi connectivity index (χ0n) is 9.67. The van der Waals surface area contributed by atoms with E-state index in [1.807, 2.05) is 12.1 Å². The van der Waals surface area contributed by atoms with Gasteiger partial charge >= 0.3 is 0 Å². The number of ether oxygens (including phenoxy) is 2. The van der Waals surface area contributed by atoms with E-state index in [1.54, 1.807) is 0 Å². The fraction of sp³-hybridized carbons (Fsp3) is 0.538. The van der Waals surface area contributed by atoms with Crippen LogP contribution in [-0.2, 0) is 6.42 Å². The van der Waals surface area contributed by atoms with Crippen LogP contribution in [0.3, 0.4) is 0 Å². The molecule has 92 valence electrons. The minimum Gasteiger partial charge on any atom is -0.454 e. The van der Waals surface area contributed by atoms with Crippen molar-refractivity contribution in [1.29, 1.82) is 0 Å². The maximum Gasteiger partial charge on any atom is 0.231 e. The smallest absolute Gasteiger partial charge is 0.231 e. The fourth-order valence-electron chi connectivity index (χ4n) is 2.48. The van der Waals surface area contributed by atoms with Crippen LogP contribution >= 0.6 is 11.6 Å². The van der Waals surface area contributed by atoms with Crippen LogP contribution in [0.25, 0.3) is 0 Å². The molecular formula is C13H16ClNO2. The predicted octanol–water partition coefficient (Wildman–Crippen LogP) is 2.75. The number of rotatable bonds is 2. The third-order valence-electron chi connectivity index (χ3n) is 3.42. The lowest BCUT2D eigenvalue weighted by Crippen LogP contribution is -2.35. The first-order valence-corrected chi connectivity index (χ1v) is 6.52. The van der Waals surface area contributed by atoms with Crippen molar-refractivity contribution >= 4 is 11.6 Å². The number of hydrogen-bond acceptors (Lipinski definition) is 3. The molecule has 1 aromatic rings. The molecule has 1 atom stereocenters. The van der Waals surface area contributed by atoms with Gasteiger partial charge < -0.3 is 14.8 Å². The molecule has 0 bridgehead atoms. The van der Waals surface area contributed by atoms with Gasteiger partial charge in [-0.15, -0.1) is 0 Å². The first-order chi connectivity index (χ1) is 8.33. The Morgan fingerprint density at radius 1 is 1.24 bits per heavy atom. The summed E-state index contributed by atoms with van der Waals surface area (Å²) < 4.78 is 10.7. The normalized spacial score (nSPS) is 22.8. The number of halogens is 1. The van der Waals surface area contributed by atoms with Gasteiger partial charge in [-0.1, -0.05) is 18.0 Å². The lowest BCUT2D eigenvalue weighted by atomic mass is 9.97. The minimum absolute atomic E-state index is 0.302. The Labute approximate surface area is 106 Å². The quantitative estimate of drug-likeness (QED) is 0.879. The average Bonchev–Trinajstić information content (AvgIpc) is 2.78. The predicted molar refractivity (Wildman–Crippen MR) is 66.9 cm³/mol. The molecule has 3 nitrogen and oxygen atoms in total. The van der Waals surface area contributed by atoms with Crippen LogP contribution in [0.4, 0.5) is 0 Å². The number of piperidine rings is 1. The van der Waals surface area contributed by atoms with E-state index >= 15 is 0 Å². The molecule has 4 heteroatoms. The molecule has 1 N–H and O–H groups in total. The molecule has 0 radical (unpaired) electrons. The van der Waals surface area contributed by atoms with E-state index in [2.05, 4.69) is 5.32 Å². The van der Waals surface area contributed by atoms with E-state index < -0.39 is 0 Å². The lowest BCUT2D eigenvalue weighted by Gasteiger charge is -2.23. The Morgan fingerprint density at radius 2 is 2.06 bits per heavy atom. The highest BCUT2D eigenvalue weighted by Crippen LogP contribution is 2.37. The molecule has 17 heavy (non-hydrogen) atoms. The van der Waals surface area contributed by atoms with Crippen molar-refractivity contribution in [2.24, 2.45) is 0 Å². The van der Waals surface area contributed by atoms with Crippen molar-refractivity contribution < 1.29 is 9.47 Å². The molecule has 0 saturated carbocycles. The second-order valence-electron chi connectivity index (χ2n) is 4.65. The van der Waals surface area contributed by atoms with Crippen molar-refractivity contribution in [2.45, 2.75) is 31.7 Å². The first kappa shape index (κ1) is 11.2. The number of fused-ring (bicyclic) bond motifs is 1.